The zero-order chi connectivity index (χ0) is 13.0. The first kappa shape index (κ1) is 12.5. The maximum atomic E-state index is 12.0. The lowest BCUT2D eigenvalue weighted by Crippen LogP contribution is -2.14. The highest BCUT2D eigenvalue weighted by molar-refractivity contribution is 9.10. The fourth-order valence-corrected chi connectivity index (χ4v) is 1.82. The maximum Gasteiger partial charge on any atom is 0.258 e. The third-order valence-corrected chi connectivity index (χ3v) is 2.85. The van der Waals surface area contributed by atoms with Gasteiger partial charge in [-0.3, -0.25) is 4.79 Å². The van der Waals surface area contributed by atoms with E-state index in [9.17, 15) is 4.79 Å². The average Bonchev–Trinajstić information content (AvgIpc) is 2.39. The van der Waals surface area contributed by atoms with Crippen LogP contribution in [-0.4, -0.2) is 23.0 Å². The third kappa shape index (κ3) is 2.65. The highest BCUT2D eigenvalue weighted by Crippen LogP contribution is 2.21. The molecule has 1 amide bonds. The Morgan fingerprint density at radius 1 is 1.28 bits per heavy atom. The summed E-state index contributed by atoms with van der Waals surface area (Å²) in [5.74, 6) is 0.0899. The Morgan fingerprint density at radius 3 is 2.72 bits per heavy atom. The van der Waals surface area contributed by atoms with Crippen LogP contribution in [0.2, 0.25) is 0 Å². The molecule has 2 aromatic rings. The Morgan fingerprint density at radius 2 is 2.00 bits per heavy atom. The lowest BCUT2D eigenvalue weighted by molar-refractivity contribution is 0.102. The van der Waals surface area contributed by atoms with Crippen molar-refractivity contribution in [1.82, 2.24) is 9.97 Å². The Bertz CT molecular complexity index is 575. The number of rotatable bonds is 3. The van der Waals surface area contributed by atoms with Gasteiger partial charge in [-0.2, -0.15) is 0 Å². The molecule has 0 saturated carbocycles. The van der Waals surface area contributed by atoms with E-state index in [0.717, 1.165) is 0 Å². The van der Waals surface area contributed by atoms with E-state index < -0.39 is 0 Å². The highest BCUT2D eigenvalue weighted by atomic mass is 79.9. The number of methoxy groups -OCH3 is 1. The van der Waals surface area contributed by atoms with Crippen molar-refractivity contribution in [1.29, 1.82) is 0 Å². The standard InChI is InChI=1S/C12H10BrN3O2/c1-18-12-9(5-3-7-15-12)16-11(17)8-4-2-6-14-10(8)13/h2-7H,1H3,(H,16,17). The summed E-state index contributed by atoms with van der Waals surface area (Å²) < 4.78 is 5.55. The van der Waals surface area contributed by atoms with Crippen molar-refractivity contribution in [3.05, 3.63) is 46.8 Å². The number of hydrogen-bond donors (Lipinski definition) is 1. The molecule has 2 rings (SSSR count). The predicted molar refractivity (Wildman–Crippen MR) is 70.7 cm³/mol. The highest BCUT2D eigenvalue weighted by Gasteiger charge is 2.13. The summed E-state index contributed by atoms with van der Waals surface area (Å²) in [6.45, 7) is 0. The van der Waals surface area contributed by atoms with Crippen molar-refractivity contribution in [2.45, 2.75) is 0 Å². The minimum absolute atomic E-state index is 0.277. The van der Waals surface area contributed by atoms with Gasteiger partial charge in [0.15, 0.2) is 0 Å². The second-order valence-electron chi connectivity index (χ2n) is 3.36. The van der Waals surface area contributed by atoms with Crippen LogP contribution in [0.15, 0.2) is 41.3 Å². The van der Waals surface area contributed by atoms with Gasteiger partial charge in [0.05, 0.1) is 12.7 Å². The van der Waals surface area contributed by atoms with Crippen LogP contribution in [0.1, 0.15) is 10.4 Å². The molecule has 0 saturated heterocycles. The molecule has 18 heavy (non-hydrogen) atoms. The largest absolute Gasteiger partial charge is 0.480 e. The zero-order valence-electron chi connectivity index (χ0n) is 9.55. The van der Waals surface area contributed by atoms with E-state index in [4.69, 9.17) is 4.74 Å². The molecule has 5 nitrogen and oxygen atoms in total. The van der Waals surface area contributed by atoms with Crippen molar-refractivity contribution < 1.29 is 9.53 Å². The molecule has 0 aliphatic carbocycles. The molecule has 2 heterocycles. The maximum absolute atomic E-state index is 12.0. The van der Waals surface area contributed by atoms with E-state index in [1.165, 1.54) is 7.11 Å². The SMILES string of the molecule is COc1ncccc1NC(=O)c1cccnc1Br. The van der Waals surface area contributed by atoms with Gasteiger partial charge in [-0.05, 0) is 40.2 Å². The molecular formula is C12H10BrN3O2. The first-order valence-corrected chi connectivity index (χ1v) is 5.92. The molecule has 0 unspecified atom stereocenters. The molecular weight excluding hydrogens is 298 g/mol. The Balaban J connectivity index is 2.24. The fraction of sp³-hybridized carbons (Fsp3) is 0.0833. The summed E-state index contributed by atoms with van der Waals surface area (Å²) in [4.78, 5) is 20.0. The van der Waals surface area contributed by atoms with Gasteiger partial charge in [-0.1, -0.05) is 0 Å². The molecule has 0 aliphatic heterocycles. The molecule has 0 atom stereocenters. The molecule has 0 spiro atoms. The van der Waals surface area contributed by atoms with Gasteiger partial charge in [0, 0.05) is 12.4 Å². The zero-order valence-corrected chi connectivity index (χ0v) is 11.1. The average molecular weight is 308 g/mol. The van der Waals surface area contributed by atoms with Gasteiger partial charge in [0.25, 0.3) is 5.91 Å². The van der Waals surface area contributed by atoms with Crippen molar-refractivity contribution in [3.63, 3.8) is 0 Å². The number of nitrogens with one attached hydrogen (secondary N) is 1. The van der Waals surface area contributed by atoms with Gasteiger partial charge < -0.3 is 10.1 Å². The number of pyridine rings is 2. The van der Waals surface area contributed by atoms with Crippen LogP contribution >= 0.6 is 15.9 Å². The summed E-state index contributed by atoms with van der Waals surface area (Å²) in [5, 5.41) is 2.72. The third-order valence-electron chi connectivity index (χ3n) is 2.22. The number of amides is 1. The van der Waals surface area contributed by atoms with E-state index in [2.05, 4.69) is 31.2 Å². The van der Waals surface area contributed by atoms with Crippen LogP contribution in [-0.2, 0) is 0 Å². The van der Waals surface area contributed by atoms with Gasteiger partial charge in [-0.25, -0.2) is 9.97 Å². The number of carbonyl (C=O) groups is 1. The lowest BCUT2D eigenvalue weighted by Gasteiger charge is -2.09. The normalized spacial score (nSPS) is 9.89. The van der Waals surface area contributed by atoms with Crippen LogP contribution in [0.3, 0.4) is 0 Å². The van der Waals surface area contributed by atoms with Crippen molar-refractivity contribution in [2.24, 2.45) is 0 Å². The van der Waals surface area contributed by atoms with E-state index in [0.29, 0.717) is 21.7 Å². The van der Waals surface area contributed by atoms with E-state index in [1.807, 2.05) is 0 Å². The van der Waals surface area contributed by atoms with Gasteiger partial charge in [0.1, 0.15) is 10.3 Å². The predicted octanol–water partition coefficient (Wildman–Crippen LogP) is 2.50. The van der Waals surface area contributed by atoms with Gasteiger partial charge in [0.2, 0.25) is 5.88 Å². The molecule has 0 bridgehead atoms. The number of hydrogen-bond acceptors (Lipinski definition) is 4. The summed E-state index contributed by atoms with van der Waals surface area (Å²) in [6.07, 6.45) is 3.19. The number of ether oxygens (including phenoxy) is 1. The van der Waals surface area contributed by atoms with E-state index in [1.54, 1.807) is 36.7 Å². The number of anilines is 1. The number of aromatic nitrogens is 2. The van der Waals surface area contributed by atoms with Crippen LogP contribution < -0.4 is 10.1 Å². The molecule has 0 aliphatic rings. The van der Waals surface area contributed by atoms with Gasteiger partial charge >= 0.3 is 0 Å². The molecule has 1 N–H and O–H groups in total. The van der Waals surface area contributed by atoms with E-state index in [-0.39, 0.29) is 5.91 Å². The van der Waals surface area contributed by atoms with Crippen LogP contribution in [0.25, 0.3) is 0 Å². The first-order valence-electron chi connectivity index (χ1n) is 5.13. The molecule has 92 valence electrons. The molecule has 0 radical (unpaired) electrons. The Hall–Kier alpha value is -1.95. The molecule has 6 heteroatoms. The Labute approximate surface area is 112 Å². The quantitative estimate of drug-likeness (QED) is 0.885. The second kappa shape index (κ2) is 5.59. The van der Waals surface area contributed by atoms with Crippen molar-refractivity contribution in [2.75, 3.05) is 12.4 Å². The van der Waals surface area contributed by atoms with E-state index >= 15 is 0 Å². The minimum atomic E-state index is -0.277. The number of halogens is 1. The minimum Gasteiger partial charge on any atom is -0.480 e. The smallest absolute Gasteiger partial charge is 0.258 e. The second-order valence-corrected chi connectivity index (χ2v) is 4.11. The summed E-state index contributed by atoms with van der Waals surface area (Å²) >= 11 is 3.23. The van der Waals surface area contributed by atoms with Gasteiger partial charge in [-0.15, -0.1) is 0 Å². The molecule has 0 aromatic carbocycles. The molecule has 0 fully saturated rings. The van der Waals surface area contributed by atoms with Crippen LogP contribution in [0.4, 0.5) is 5.69 Å². The van der Waals surface area contributed by atoms with Crippen LogP contribution in [0, 0.1) is 0 Å². The monoisotopic (exact) mass is 307 g/mol. The summed E-state index contributed by atoms with van der Waals surface area (Å²) in [7, 11) is 1.50. The lowest BCUT2D eigenvalue weighted by atomic mass is 10.2. The first-order chi connectivity index (χ1) is 8.72. The summed E-state index contributed by atoms with van der Waals surface area (Å²) in [5.41, 5.74) is 0.962. The molecule has 2 aromatic heterocycles. The van der Waals surface area contributed by atoms with Crippen LogP contribution in [0.5, 0.6) is 5.88 Å². The van der Waals surface area contributed by atoms with Crippen molar-refractivity contribution in [3.8, 4) is 5.88 Å². The van der Waals surface area contributed by atoms with Crippen molar-refractivity contribution >= 4 is 27.5 Å². The fourth-order valence-electron chi connectivity index (χ4n) is 1.39. The topological polar surface area (TPSA) is 64.1 Å². The number of carbonyl (C=O) groups excluding carboxylic acids is 1. The number of nitrogens with zero attached hydrogens (tertiary/aromatic N) is 2. The Kier molecular flexibility index (Phi) is 3.88. The summed E-state index contributed by atoms with van der Waals surface area (Å²) in [6, 6.07) is 6.81.